The number of carbonyl (C=O) groups excluding carboxylic acids is 1. The van der Waals surface area contributed by atoms with E-state index in [9.17, 15) is 4.79 Å². The Balaban J connectivity index is 1.71. The van der Waals surface area contributed by atoms with Crippen LogP contribution in [-0.4, -0.2) is 43.8 Å². The van der Waals surface area contributed by atoms with Gasteiger partial charge in [0, 0.05) is 24.8 Å². The highest BCUT2D eigenvalue weighted by atomic mass is 16.5. The summed E-state index contributed by atoms with van der Waals surface area (Å²) in [6.45, 7) is 2.24. The van der Waals surface area contributed by atoms with Crippen molar-refractivity contribution < 1.29 is 14.6 Å². The lowest BCUT2D eigenvalue weighted by molar-refractivity contribution is 0.101. The number of pyridine rings is 1. The molecule has 3 heterocycles. The van der Waals surface area contributed by atoms with E-state index in [4.69, 9.17) is 9.84 Å². The van der Waals surface area contributed by atoms with Gasteiger partial charge in [0.25, 0.3) is 5.91 Å². The average molecular weight is 403 g/mol. The molecule has 0 saturated heterocycles. The standard InChI is InChI=1S/C22H21N5O3/c1-15-21(22(29)25-19-9-4-5-12-23-19)27-20(24-15)11-10-17(26-27)16-7-2-3-8-18(16)30-14-6-13-28/h2-5,7-12,28H,6,13-14H2,1H3,(H,23,25,29). The molecule has 1 amide bonds. The minimum atomic E-state index is -0.337. The molecule has 8 heteroatoms. The Labute approximate surface area is 173 Å². The number of nitrogens with zero attached hydrogens (tertiary/aromatic N) is 4. The van der Waals surface area contributed by atoms with Crippen molar-refractivity contribution in [1.82, 2.24) is 19.6 Å². The average Bonchev–Trinajstić information content (AvgIpc) is 3.10. The zero-order valence-corrected chi connectivity index (χ0v) is 16.4. The summed E-state index contributed by atoms with van der Waals surface area (Å²) in [4.78, 5) is 21.5. The Bertz CT molecular complexity index is 1170. The van der Waals surface area contributed by atoms with E-state index in [0.29, 0.717) is 47.3 Å². The number of fused-ring (bicyclic) bond motifs is 1. The third-order valence-corrected chi connectivity index (χ3v) is 4.50. The zero-order valence-electron chi connectivity index (χ0n) is 16.4. The summed E-state index contributed by atoms with van der Waals surface area (Å²) >= 11 is 0. The second kappa shape index (κ2) is 8.71. The van der Waals surface area contributed by atoms with Crippen LogP contribution in [0.2, 0.25) is 0 Å². The van der Waals surface area contributed by atoms with E-state index in [1.54, 1.807) is 31.3 Å². The van der Waals surface area contributed by atoms with Gasteiger partial charge in [0.1, 0.15) is 11.6 Å². The van der Waals surface area contributed by atoms with E-state index in [-0.39, 0.29) is 12.5 Å². The van der Waals surface area contributed by atoms with E-state index in [2.05, 4.69) is 20.4 Å². The number of aryl methyl sites for hydroxylation is 1. The van der Waals surface area contributed by atoms with Gasteiger partial charge < -0.3 is 15.2 Å². The molecule has 0 aliphatic carbocycles. The van der Waals surface area contributed by atoms with E-state index in [0.717, 1.165) is 5.56 Å². The van der Waals surface area contributed by atoms with Crippen LogP contribution in [0, 0.1) is 6.92 Å². The summed E-state index contributed by atoms with van der Waals surface area (Å²) < 4.78 is 7.33. The Morgan fingerprint density at radius 3 is 2.77 bits per heavy atom. The lowest BCUT2D eigenvalue weighted by Crippen LogP contribution is -2.17. The predicted molar refractivity (Wildman–Crippen MR) is 113 cm³/mol. The van der Waals surface area contributed by atoms with Gasteiger partial charge in [0.2, 0.25) is 0 Å². The maximum Gasteiger partial charge on any atom is 0.277 e. The van der Waals surface area contributed by atoms with Crippen molar-refractivity contribution in [3.8, 4) is 17.0 Å². The Kier molecular flexibility index (Phi) is 5.67. The lowest BCUT2D eigenvalue weighted by Gasteiger charge is -2.11. The monoisotopic (exact) mass is 403 g/mol. The Morgan fingerprint density at radius 1 is 1.13 bits per heavy atom. The van der Waals surface area contributed by atoms with Gasteiger partial charge in [0.15, 0.2) is 11.3 Å². The number of anilines is 1. The fourth-order valence-corrected chi connectivity index (χ4v) is 3.11. The second-order valence-corrected chi connectivity index (χ2v) is 6.63. The summed E-state index contributed by atoms with van der Waals surface area (Å²) in [5, 5.41) is 16.4. The third kappa shape index (κ3) is 3.99. The van der Waals surface area contributed by atoms with Crippen LogP contribution in [0.5, 0.6) is 5.75 Å². The molecule has 0 unspecified atom stereocenters. The number of para-hydroxylation sites is 1. The maximum atomic E-state index is 12.9. The van der Waals surface area contributed by atoms with Gasteiger partial charge >= 0.3 is 0 Å². The molecular formula is C22H21N5O3. The predicted octanol–water partition coefficient (Wildman–Crippen LogP) is 3.11. The number of amides is 1. The summed E-state index contributed by atoms with van der Waals surface area (Å²) in [5.41, 5.74) is 2.92. The van der Waals surface area contributed by atoms with Gasteiger partial charge in [0.05, 0.1) is 18.0 Å². The Morgan fingerprint density at radius 2 is 1.97 bits per heavy atom. The Hall–Kier alpha value is -3.78. The summed E-state index contributed by atoms with van der Waals surface area (Å²) in [7, 11) is 0. The van der Waals surface area contributed by atoms with Crippen LogP contribution in [0.4, 0.5) is 5.82 Å². The number of benzene rings is 1. The molecule has 0 fully saturated rings. The summed E-state index contributed by atoms with van der Waals surface area (Å²) in [6, 6.07) is 16.5. The molecule has 2 N–H and O–H groups in total. The van der Waals surface area contributed by atoms with Crippen LogP contribution >= 0.6 is 0 Å². The van der Waals surface area contributed by atoms with Crippen molar-refractivity contribution in [3.63, 3.8) is 0 Å². The molecule has 152 valence electrons. The van der Waals surface area contributed by atoms with E-state index in [1.165, 1.54) is 4.52 Å². The van der Waals surface area contributed by atoms with Crippen molar-refractivity contribution in [2.75, 3.05) is 18.5 Å². The van der Waals surface area contributed by atoms with Crippen molar-refractivity contribution in [2.45, 2.75) is 13.3 Å². The van der Waals surface area contributed by atoms with E-state index < -0.39 is 0 Å². The molecule has 0 bridgehead atoms. The first-order chi connectivity index (χ1) is 14.7. The smallest absolute Gasteiger partial charge is 0.277 e. The SMILES string of the molecule is Cc1nc2ccc(-c3ccccc3OCCCO)nn2c1C(=O)Nc1ccccn1. The van der Waals surface area contributed by atoms with Gasteiger partial charge in [-0.2, -0.15) is 5.10 Å². The van der Waals surface area contributed by atoms with Crippen LogP contribution in [0.15, 0.2) is 60.8 Å². The molecule has 0 radical (unpaired) electrons. The number of nitrogens with one attached hydrogen (secondary N) is 1. The maximum absolute atomic E-state index is 12.9. The highest BCUT2D eigenvalue weighted by molar-refractivity contribution is 6.03. The largest absolute Gasteiger partial charge is 0.493 e. The fraction of sp³-hybridized carbons (Fsp3) is 0.182. The topological polar surface area (TPSA) is 102 Å². The van der Waals surface area contributed by atoms with Gasteiger partial charge in [-0.15, -0.1) is 0 Å². The zero-order chi connectivity index (χ0) is 20.9. The number of ether oxygens (including phenoxy) is 1. The molecular weight excluding hydrogens is 382 g/mol. The van der Waals surface area contributed by atoms with E-state index in [1.807, 2.05) is 36.4 Å². The molecule has 1 aromatic carbocycles. The number of aliphatic hydroxyl groups excluding tert-OH is 1. The van der Waals surface area contributed by atoms with Gasteiger partial charge in [-0.25, -0.2) is 14.5 Å². The second-order valence-electron chi connectivity index (χ2n) is 6.63. The molecule has 8 nitrogen and oxygen atoms in total. The minimum Gasteiger partial charge on any atom is -0.493 e. The first-order valence-corrected chi connectivity index (χ1v) is 9.59. The third-order valence-electron chi connectivity index (χ3n) is 4.50. The number of aromatic nitrogens is 4. The molecule has 0 aliphatic heterocycles. The van der Waals surface area contributed by atoms with Crippen molar-refractivity contribution in [3.05, 3.63) is 72.2 Å². The van der Waals surface area contributed by atoms with Crippen LogP contribution < -0.4 is 10.1 Å². The lowest BCUT2D eigenvalue weighted by atomic mass is 10.1. The van der Waals surface area contributed by atoms with Gasteiger partial charge in [-0.05, 0) is 43.3 Å². The number of aliphatic hydroxyl groups is 1. The molecule has 30 heavy (non-hydrogen) atoms. The number of carbonyl (C=O) groups is 1. The highest BCUT2D eigenvalue weighted by Crippen LogP contribution is 2.29. The van der Waals surface area contributed by atoms with E-state index >= 15 is 0 Å². The van der Waals surface area contributed by atoms with Crippen LogP contribution in [0.3, 0.4) is 0 Å². The normalized spacial score (nSPS) is 10.9. The quantitative estimate of drug-likeness (QED) is 0.460. The van der Waals surface area contributed by atoms with Crippen LogP contribution in [-0.2, 0) is 0 Å². The summed E-state index contributed by atoms with van der Waals surface area (Å²) in [6.07, 6.45) is 2.15. The molecule has 0 spiro atoms. The number of rotatable bonds is 7. The first-order valence-electron chi connectivity index (χ1n) is 9.59. The number of hydrogen-bond acceptors (Lipinski definition) is 6. The molecule has 4 aromatic rings. The molecule has 0 aliphatic rings. The molecule has 0 atom stereocenters. The fourth-order valence-electron chi connectivity index (χ4n) is 3.11. The van der Waals surface area contributed by atoms with Crippen molar-refractivity contribution >= 4 is 17.4 Å². The number of imidazole rings is 1. The highest BCUT2D eigenvalue weighted by Gasteiger charge is 2.19. The molecule has 0 saturated carbocycles. The minimum absolute atomic E-state index is 0.0649. The van der Waals surface area contributed by atoms with Crippen molar-refractivity contribution in [2.24, 2.45) is 0 Å². The van der Waals surface area contributed by atoms with Crippen molar-refractivity contribution in [1.29, 1.82) is 0 Å². The first kappa shape index (κ1) is 19.5. The number of hydrogen-bond donors (Lipinski definition) is 2. The molecule has 3 aromatic heterocycles. The van der Waals surface area contributed by atoms with Crippen LogP contribution in [0.25, 0.3) is 16.9 Å². The molecule has 4 rings (SSSR count). The van der Waals surface area contributed by atoms with Gasteiger partial charge in [-0.1, -0.05) is 18.2 Å². The summed E-state index contributed by atoms with van der Waals surface area (Å²) in [5.74, 6) is 0.778. The van der Waals surface area contributed by atoms with Gasteiger partial charge in [-0.3, -0.25) is 4.79 Å². The van der Waals surface area contributed by atoms with Crippen LogP contribution in [0.1, 0.15) is 22.6 Å².